The van der Waals surface area contributed by atoms with Crippen LogP contribution in [0.15, 0.2) is 0 Å². The van der Waals surface area contributed by atoms with Crippen molar-refractivity contribution >= 4 is 0 Å². The Morgan fingerprint density at radius 3 is 1.92 bits per heavy atom. The summed E-state index contributed by atoms with van der Waals surface area (Å²) in [5.41, 5.74) is 0. The zero-order chi connectivity index (χ0) is 9.42. The van der Waals surface area contributed by atoms with Crippen LogP contribution in [-0.4, -0.2) is 24.5 Å². The quantitative estimate of drug-likeness (QED) is 0.555. The highest BCUT2D eigenvalue weighted by atomic mass is 15.2. The van der Waals surface area contributed by atoms with E-state index >= 15 is 0 Å². The fourth-order valence-electron chi connectivity index (χ4n) is 3.65. The van der Waals surface area contributed by atoms with Gasteiger partial charge in [-0.05, 0) is 36.5 Å². The van der Waals surface area contributed by atoms with E-state index in [1.165, 1.54) is 19.6 Å². The first-order chi connectivity index (χ1) is 6.33. The summed E-state index contributed by atoms with van der Waals surface area (Å²) in [4.78, 5) is 2.70. The molecule has 0 aromatic rings. The molecule has 3 aliphatic heterocycles. The molecule has 1 aliphatic carbocycles. The number of nitrogens with zero attached hydrogens (tertiary/aromatic N) is 1. The zero-order valence-corrected chi connectivity index (χ0v) is 9.29. The first kappa shape index (κ1) is 9.51. The molecule has 2 atom stereocenters. The van der Waals surface area contributed by atoms with E-state index in [-0.39, 0.29) is 0 Å². The van der Waals surface area contributed by atoms with Gasteiger partial charge in [-0.2, -0.15) is 0 Å². The second kappa shape index (κ2) is 3.61. The summed E-state index contributed by atoms with van der Waals surface area (Å²) < 4.78 is 0. The van der Waals surface area contributed by atoms with E-state index in [1.54, 1.807) is 12.8 Å². The average Bonchev–Trinajstić information content (AvgIpc) is 2.16. The minimum Gasteiger partial charge on any atom is -0.302 e. The third-order valence-electron chi connectivity index (χ3n) is 4.26. The summed E-state index contributed by atoms with van der Waals surface area (Å²) in [6.45, 7) is 10.8. The summed E-state index contributed by atoms with van der Waals surface area (Å²) in [5.74, 6) is 4.27. The van der Waals surface area contributed by atoms with Crippen molar-refractivity contribution in [1.29, 1.82) is 0 Å². The number of piperidine rings is 3. The molecular weight excluding hydrogens is 158 g/mol. The van der Waals surface area contributed by atoms with Crippen LogP contribution in [0, 0.1) is 23.7 Å². The highest BCUT2D eigenvalue weighted by molar-refractivity contribution is 4.96. The van der Waals surface area contributed by atoms with Crippen LogP contribution in [-0.2, 0) is 0 Å². The maximum absolute atomic E-state index is 2.70. The smallest absolute Gasteiger partial charge is 0.00127 e. The van der Waals surface area contributed by atoms with Gasteiger partial charge in [-0.3, -0.25) is 0 Å². The Bertz CT molecular complexity index is 148. The third kappa shape index (κ3) is 1.52. The van der Waals surface area contributed by atoms with Crippen molar-refractivity contribution in [3.05, 3.63) is 0 Å². The lowest BCUT2D eigenvalue weighted by atomic mass is 9.63. The summed E-state index contributed by atoms with van der Waals surface area (Å²) in [6.07, 6.45) is 3.10. The molecule has 0 N–H and O–H groups in total. The van der Waals surface area contributed by atoms with Gasteiger partial charge in [0.05, 0.1) is 0 Å². The summed E-state index contributed by atoms with van der Waals surface area (Å²) in [5, 5.41) is 0. The van der Waals surface area contributed by atoms with Crippen LogP contribution in [0.25, 0.3) is 0 Å². The molecule has 4 rings (SSSR count). The van der Waals surface area contributed by atoms with Crippen molar-refractivity contribution in [3.63, 3.8) is 0 Å². The molecule has 0 aromatic heterocycles. The molecule has 4 aliphatic rings. The molecule has 4 bridgehead atoms. The van der Waals surface area contributed by atoms with Gasteiger partial charge in [0, 0.05) is 19.6 Å². The monoisotopic (exact) mass is 181 g/mol. The Kier molecular flexibility index (Phi) is 2.64. The maximum atomic E-state index is 2.70. The summed E-state index contributed by atoms with van der Waals surface area (Å²) >= 11 is 0. The SMILES string of the molecule is CC.CC1C2CC3CC1CN(C3)C2. The molecule has 76 valence electrons. The van der Waals surface area contributed by atoms with Crippen LogP contribution >= 0.6 is 0 Å². The van der Waals surface area contributed by atoms with Crippen LogP contribution in [0.3, 0.4) is 0 Å². The minimum atomic E-state index is 1.04. The lowest BCUT2D eigenvalue weighted by molar-refractivity contribution is -0.0573. The topological polar surface area (TPSA) is 3.24 Å². The van der Waals surface area contributed by atoms with Crippen molar-refractivity contribution in [3.8, 4) is 0 Å². The second-order valence-corrected chi connectivity index (χ2v) is 4.94. The Morgan fingerprint density at radius 1 is 0.923 bits per heavy atom. The highest BCUT2D eigenvalue weighted by Crippen LogP contribution is 2.46. The van der Waals surface area contributed by atoms with E-state index in [0.29, 0.717) is 0 Å². The van der Waals surface area contributed by atoms with Gasteiger partial charge in [0.2, 0.25) is 0 Å². The van der Waals surface area contributed by atoms with Gasteiger partial charge in [0.15, 0.2) is 0 Å². The predicted molar refractivity (Wildman–Crippen MR) is 56.7 cm³/mol. The van der Waals surface area contributed by atoms with Crippen LogP contribution in [0.1, 0.15) is 33.6 Å². The molecule has 0 aromatic carbocycles. The third-order valence-corrected chi connectivity index (χ3v) is 4.26. The Labute approximate surface area is 82.5 Å². The maximum Gasteiger partial charge on any atom is 0.00127 e. The lowest BCUT2D eigenvalue weighted by Crippen LogP contribution is -2.57. The van der Waals surface area contributed by atoms with Gasteiger partial charge in [-0.25, -0.2) is 0 Å². The Hall–Kier alpha value is -0.0400. The molecule has 4 fully saturated rings. The van der Waals surface area contributed by atoms with Gasteiger partial charge < -0.3 is 4.90 Å². The molecule has 0 amide bonds. The Balaban J connectivity index is 0.000000308. The molecule has 1 heteroatoms. The summed E-state index contributed by atoms with van der Waals surface area (Å²) in [6, 6.07) is 0. The average molecular weight is 181 g/mol. The predicted octanol–water partition coefficient (Wildman–Crippen LogP) is 2.62. The van der Waals surface area contributed by atoms with Gasteiger partial charge in [0.1, 0.15) is 0 Å². The molecule has 13 heavy (non-hydrogen) atoms. The van der Waals surface area contributed by atoms with E-state index in [2.05, 4.69) is 11.8 Å². The minimum absolute atomic E-state index is 1.04. The van der Waals surface area contributed by atoms with Gasteiger partial charge in [-0.15, -0.1) is 0 Å². The summed E-state index contributed by atoms with van der Waals surface area (Å²) in [7, 11) is 0. The van der Waals surface area contributed by atoms with Crippen molar-refractivity contribution < 1.29 is 0 Å². The molecule has 3 saturated heterocycles. The molecule has 3 heterocycles. The van der Waals surface area contributed by atoms with E-state index in [0.717, 1.165) is 23.7 Å². The molecular formula is C12H23N. The first-order valence-corrected chi connectivity index (χ1v) is 6.05. The van der Waals surface area contributed by atoms with Crippen LogP contribution in [0.2, 0.25) is 0 Å². The van der Waals surface area contributed by atoms with Crippen molar-refractivity contribution in [1.82, 2.24) is 4.90 Å². The van der Waals surface area contributed by atoms with Gasteiger partial charge >= 0.3 is 0 Å². The molecule has 2 unspecified atom stereocenters. The number of hydrogen-bond acceptors (Lipinski definition) is 1. The van der Waals surface area contributed by atoms with E-state index < -0.39 is 0 Å². The fourth-order valence-corrected chi connectivity index (χ4v) is 3.65. The van der Waals surface area contributed by atoms with Gasteiger partial charge in [0.25, 0.3) is 0 Å². The Morgan fingerprint density at radius 2 is 1.46 bits per heavy atom. The molecule has 0 spiro atoms. The highest BCUT2D eigenvalue weighted by Gasteiger charge is 2.45. The van der Waals surface area contributed by atoms with Crippen LogP contribution in [0.5, 0.6) is 0 Å². The van der Waals surface area contributed by atoms with Crippen LogP contribution in [0.4, 0.5) is 0 Å². The van der Waals surface area contributed by atoms with E-state index in [9.17, 15) is 0 Å². The lowest BCUT2D eigenvalue weighted by Gasteiger charge is -2.55. The van der Waals surface area contributed by atoms with E-state index in [1.807, 2.05) is 13.8 Å². The second-order valence-electron chi connectivity index (χ2n) is 4.94. The van der Waals surface area contributed by atoms with Crippen LogP contribution < -0.4 is 0 Å². The molecule has 1 saturated carbocycles. The number of rotatable bonds is 0. The fraction of sp³-hybridized carbons (Fsp3) is 1.00. The van der Waals surface area contributed by atoms with Crippen molar-refractivity contribution in [2.45, 2.75) is 33.6 Å². The molecule has 1 nitrogen and oxygen atoms in total. The van der Waals surface area contributed by atoms with E-state index in [4.69, 9.17) is 0 Å². The first-order valence-electron chi connectivity index (χ1n) is 6.05. The zero-order valence-electron chi connectivity index (χ0n) is 9.29. The van der Waals surface area contributed by atoms with Crippen molar-refractivity contribution in [2.75, 3.05) is 19.6 Å². The largest absolute Gasteiger partial charge is 0.302 e. The normalized spacial score (nSPS) is 51.5. The standard InChI is InChI=1S/C10H17N.C2H6/c1-7-9-2-8-3-10(7)6-11(4-8)5-9;1-2/h7-10H,2-6H2,1H3;1-2H3. The van der Waals surface area contributed by atoms with Crippen molar-refractivity contribution in [2.24, 2.45) is 23.7 Å². The van der Waals surface area contributed by atoms with Gasteiger partial charge in [-0.1, -0.05) is 20.8 Å². The number of hydrogen-bond donors (Lipinski definition) is 0. The molecule has 0 radical (unpaired) electrons.